The lowest BCUT2D eigenvalue weighted by Crippen LogP contribution is -2.36. The zero-order valence-electron chi connectivity index (χ0n) is 12.9. The smallest absolute Gasteiger partial charge is 0.170 e. The fourth-order valence-corrected chi connectivity index (χ4v) is 2.61. The second-order valence-corrected chi connectivity index (χ2v) is 6.45. The van der Waals surface area contributed by atoms with Gasteiger partial charge in [-0.1, -0.05) is 29.3 Å². The van der Waals surface area contributed by atoms with Crippen LogP contribution in [0.3, 0.4) is 0 Å². The van der Waals surface area contributed by atoms with Gasteiger partial charge >= 0.3 is 0 Å². The minimum absolute atomic E-state index is 0.164. The van der Waals surface area contributed by atoms with Crippen LogP contribution in [0.1, 0.15) is 11.6 Å². The van der Waals surface area contributed by atoms with Gasteiger partial charge in [-0.25, -0.2) is 0 Å². The predicted octanol–water partition coefficient (Wildman–Crippen LogP) is 3.98. The van der Waals surface area contributed by atoms with Crippen molar-refractivity contribution in [3.05, 3.63) is 58.3 Å². The number of hydrogen-bond donors (Lipinski definition) is 2. The lowest BCUT2D eigenvalue weighted by molar-refractivity contribution is 0.298. The molecule has 23 heavy (non-hydrogen) atoms. The third-order valence-electron chi connectivity index (χ3n) is 3.33. The first kappa shape index (κ1) is 17.9. The monoisotopic (exact) mass is 368 g/mol. The SMILES string of the molecule is CN(C)C(CNC(=S)Nc1ccc(Cl)c(Cl)c1)c1cccnc1. The van der Waals surface area contributed by atoms with Gasteiger partial charge in [-0.15, -0.1) is 0 Å². The Morgan fingerprint density at radius 3 is 2.65 bits per heavy atom. The Labute approximate surface area is 151 Å². The van der Waals surface area contributed by atoms with Gasteiger partial charge in [0.2, 0.25) is 0 Å². The second-order valence-electron chi connectivity index (χ2n) is 5.23. The van der Waals surface area contributed by atoms with Gasteiger partial charge in [0.05, 0.1) is 16.1 Å². The van der Waals surface area contributed by atoms with E-state index in [0.717, 1.165) is 11.3 Å². The standard InChI is InChI=1S/C16H18Cl2N4S/c1-22(2)15(11-4-3-7-19-9-11)10-20-16(23)21-12-5-6-13(17)14(18)8-12/h3-9,15H,10H2,1-2H3,(H2,20,21,23). The topological polar surface area (TPSA) is 40.2 Å². The molecule has 1 aromatic heterocycles. The Hall–Kier alpha value is -1.40. The first-order chi connectivity index (χ1) is 11.0. The third-order valence-corrected chi connectivity index (χ3v) is 4.31. The summed E-state index contributed by atoms with van der Waals surface area (Å²) in [5.41, 5.74) is 1.92. The summed E-state index contributed by atoms with van der Waals surface area (Å²) in [4.78, 5) is 6.29. The average molecular weight is 369 g/mol. The predicted molar refractivity (Wildman–Crippen MR) is 101 cm³/mol. The minimum atomic E-state index is 0.164. The molecule has 4 nitrogen and oxygen atoms in total. The lowest BCUT2D eigenvalue weighted by Gasteiger charge is -2.25. The number of likely N-dealkylation sites (N-methyl/N-ethyl adjacent to an activating group) is 1. The van der Waals surface area contributed by atoms with Crippen LogP contribution in [-0.4, -0.2) is 35.6 Å². The van der Waals surface area contributed by atoms with Gasteiger partial charge in [0, 0.05) is 24.6 Å². The fourth-order valence-electron chi connectivity index (χ4n) is 2.11. The van der Waals surface area contributed by atoms with E-state index in [-0.39, 0.29) is 6.04 Å². The van der Waals surface area contributed by atoms with Crippen LogP contribution in [0, 0.1) is 0 Å². The molecule has 0 aliphatic heterocycles. The largest absolute Gasteiger partial charge is 0.361 e. The molecule has 0 fully saturated rings. The molecular formula is C16H18Cl2N4S. The van der Waals surface area contributed by atoms with Gasteiger partial charge in [-0.3, -0.25) is 4.98 Å². The Bertz CT molecular complexity index is 664. The van der Waals surface area contributed by atoms with E-state index >= 15 is 0 Å². The highest BCUT2D eigenvalue weighted by Gasteiger charge is 2.14. The van der Waals surface area contributed by atoms with E-state index in [9.17, 15) is 0 Å². The number of hydrogen-bond acceptors (Lipinski definition) is 3. The number of aromatic nitrogens is 1. The number of nitrogens with one attached hydrogen (secondary N) is 2. The quantitative estimate of drug-likeness (QED) is 0.781. The first-order valence-corrected chi connectivity index (χ1v) is 8.20. The van der Waals surface area contributed by atoms with Crippen LogP contribution in [0.4, 0.5) is 5.69 Å². The molecule has 0 aliphatic rings. The molecule has 2 aromatic rings. The Balaban J connectivity index is 1.95. The summed E-state index contributed by atoms with van der Waals surface area (Å²) in [6, 6.07) is 9.44. The van der Waals surface area contributed by atoms with Crippen molar-refractivity contribution < 1.29 is 0 Å². The summed E-state index contributed by atoms with van der Waals surface area (Å²) in [6.07, 6.45) is 3.63. The number of nitrogens with zero attached hydrogens (tertiary/aromatic N) is 2. The fraction of sp³-hybridized carbons (Fsp3) is 0.250. The molecule has 0 amide bonds. The molecule has 0 radical (unpaired) electrons. The summed E-state index contributed by atoms with van der Waals surface area (Å²) in [6.45, 7) is 0.659. The summed E-state index contributed by atoms with van der Waals surface area (Å²) in [5, 5.41) is 7.85. The molecule has 1 unspecified atom stereocenters. The number of rotatable bonds is 5. The van der Waals surface area contributed by atoms with E-state index < -0.39 is 0 Å². The van der Waals surface area contributed by atoms with Crippen molar-refractivity contribution in [3.63, 3.8) is 0 Å². The third kappa shape index (κ3) is 5.32. The van der Waals surface area contributed by atoms with Crippen LogP contribution >= 0.6 is 35.4 Å². The number of pyridine rings is 1. The number of halogens is 2. The highest BCUT2D eigenvalue weighted by Crippen LogP contribution is 2.25. The van der Waals surface area contributed by atoms with Gasteiger partial charge in [0.15, 0.2) is 5.11 Å². The molecule has 0 saturated heterocycles. The maximum atomic E-state index is 6.00. The maximum absolute atomic E-state index is 6.00. The molecule has 1 atom stereocenters. The van der Waals surface area contributed by atoms with Gasteiger partial charge in [0.25, 0.3) is 0 Å². The van der Waals surface area contributed by atoms with Gasteiger partial charge in [-0.2, -0.15) is 0 Å². The Morgan fingerprint density at radius 1 is 1.26 bits per heavy atom. The molecule has 1 heterocycles. The van der Waals surface area contributed by atoms with Gasteiger partial charge in [0.1, 0.15) is 0 Å². The van der Waals surface area contributed by atoms with Crippen molar-refractivity contribution in [1.82, 2.24) is 15.2 Å². The van der Waals surface area contributed by atoms with Crippen LogP contribution < -0.4 is 10.6 Å². The molecule has 2 rings (SSSR count). The van der Waals surface area contributed by atoms with E-state index in [0.29, 0.717) is 21.7 Å². The molecule has 0 spiro atoms. The van der Waals surface area contributed by atoms with Crippen molar-refractivity contribution in [2.45, 2.75) is 6.04 Å². The highest BCUT2D eigenvalue weighted by atomic mass is 35.5. The van der Waals surface area contributed by atoms with E-state index in [4.69, 9.17) is 35.4 Å². The average Bonchev–Trinajstić information content (AvgIpc) is 2.52. The van der Waals surface area contributed by atoms with Crippen LogP contribution in [0.5, 0.6) is 0 Å². The lowest BCUT2D eigenvalue weighted by atomic mass is 10.1. The molecule has 122 valence electrons. The normalized spacial score (nSPS) is 12.0. The molecule has 0 saturated carbocycles. The van der Waals surface area contributed by atoms with Crippen LogP contribution in [0.25, 0.3) is 0 Å². The number of benzene rings is 1. The molecule has 7 heteroatoms. The zero-order chi connectivity index (χ0) is 16.8. The zero-order valence-corrected chi connectivity index (χ0v) is 15.2. The molecule has 2 N–H and O–H groups in total. The van der Waals surface area contributed by atoms with E-state index in [1.165, 1.54) is 0 Å². The molecule has 0 bridgehead atoms. The van der Waals surface area contributed by atoms with Crippen molar-refractivity contribution >= 4 is 46.2 Å². The first-order valence-electron chi connectivity index (χ1n) is 7.03. The Kier molecular flexibility index (Phi) is 6.59. The van der Waals surface area contributed by atoms with E-state index in [1.807, 2.05) is 32.4 Å². The van der Waals surface area contributed by atoms with Gasteiger partial charge < -0.3 is 15.5 Å². The molecular weight excluding hydrogens is 351 g/mol. The number of anilines is 1. The molecule has 1 aromatic carbocycles. The number of thiocarbonyl (C=S) groups is 1. The van der Waals surface area contributed by atoms with E-state index in [1.54, 1.807) is 18.3 Å². The van der Waals surface area contributed by atoms with Crippen molar-refractivity contribution in [3.8, 4) is 0 Å². The maximum Gasteiger partial charge on any atom is 0.170 e. The van der Waals surface area contributed by atoms with Crippen LogP contribution in [-0.2, 0) is 0 Å². The Morgan fingerprint density at radius 2 is 2.04 bits per heavy atom. The summed E-state index contributed by atoms with van der Waals surface area (Å²) in [7, 11) is 4.05. The summed E-state index contributed by atoms with van der Waals surface area (Å²) < 4.78 is 0. The van der Waals surface area contributed by atoms with Crippen molar-refractivity contribution in [1.29, 1.82) is 0 Å². The van der Waals surface area contributed by atoms with Crippen LogP contribution in [0.2, 0.25) is 10.0 Å². The van der Waals surface area contributed by atoms with Gasteiger partial charge in [-0.05, 0) is 56.1 Å². The summed E-state index contributed by atoms with van der Waals surface area (Å²) in [5.74, 6) is 0. The second kappa shape index (κ2) is 8.45. The van der Waals surface area contributed by atoms with Crippen LogP contribution in [0.15, 0.2) is 42.7 Å². The summed E-state index contributed by atoms with van der Waals surface area (Å²) >= 11 is 17.2. The highest BCUT2D eigenvalue weighted by molar-refractivity contribution is 7.80. The minimum Gasteiger partial charge on any atom is -0.361 e. The van der Waals surface area contributed by atoms with E-state index in [2.05, 4.69) is 26.6 Å². The van der Waals surface area contributed by atoms with Crippen molar-refractivity contribution in [2.24, 2.45) is 0 Å². The van der Waals surface area contributed by atoms with Crippen molar-refractivity contribution in [2.75, 3.05) is 26.0 Å². The molecule has 0 aliphatic carbocycles.